The van der Waals surface area contributed by atoms with Gasteiger partial charge < -0.3 is 10.1 Å². The van der Waals surface area contributed by atoms with Crippen LogP contribution in [0.3, 0.4) is 0 Å². The summed E-state index contributed by atoms with van der Waals surface area (Å²) in [6, 6.07) is 10.2. The average Bonchev–Trinajstić information content (AvgIpc) is 3.17. The second-order valence-electron chi connectivity index (χ2n) is 7.21. The number of ether oxygens (including phenoxy) is 1. The largest absolute Gasteiger partial charge is 0.495 e. The van der Waals surface area contributed by atoms with Crippen molar-refractivity contribution in [2.24, 2.45) is 0 Å². The van der Waals surface area contributed by atoms with E-state index in [0.29, 0.717) is 37.4 Å². The molecule has 0 spiro atoms. The average molecular weight is 430 g/mol. The molecule has 1 aliphatic rings. The Balaban J connectivity index is 1.53. The number of amides is 1. The van der Waals surface area contributed by atoms with Crippen LogP contribution in [0.25, 0.3) is 5.65 Å². The second-order valence-corrected chi connectivity index (χ2v) is 9.15. The van der Waals surface area contributed by atoms with Gasteiger partial charge in [0.05, 0.1) is 17.7 Å². The summed E-state index contributed by atoms with van der Waals surface area (Å²) in [6.07, 6.45) is 3.24. The standard InChI is InChI=1S/C20H23N5O4S/c1-14(26)21-17-13-16(6-7-18(17)29-2)30(27,28)24-11-8-15(9-12-24)20-23-22-19-5-3-4-10-25(19)20/h3-7,10,13,15H,8-9,11-12H2,1-2H3,(H,21,26). The number of pyridine rings is 1. The molecule has 0 unspecified atom stereocenters. The number of carbonyl (C=O) groups is 1. The molecule has 1 aromatic carbocycles. The third-order valence-electron chi connectivity index (χ3n) is 5.28. The minimum Gasteiger partial charge on any atom is -0.495 e. The minimum atomic E-state index is -3.70. The molecule has 0 atom stereocenters. The molecule has 1 saturated heterocycles. The Morgan fingerprint density at radius 3 is 2.63 bits per heavy atom. The summed E-state index contributed by atoms with van der Waals surface area (Å²) >= 11 is 0. The third-order valence-corrected chi connectivity index (χ3v) is 7.17. The van der Waals surface area contributed by atoms with E-state index in [9.17, 15) is 13.2 Å². The minimum absolute atomic E-state index is 0.124. The van der Waals surface area contributed by atoms with Gasteiger partial charge in [0.2, 0.25) is 15.9 Å². The van der Waals surface area contributed by atoms with Crippen molar-refractivity contribution < 1.29 is 17.9 Å². The lowest BCUT2D eigenvalue weighted by Gasteiger charge is -2.30. The number of sulfonamides is 1. The highest BCUT2D eigenvalue weighted by Gasteiger charge is 2.32. The molecule has 4 rings (SSSR count). The predicted octanol–water partition coefficient (Wildman–Crippen LogP) is 2.26. The van der Waals surface area contributed by atoms with E-state index in [1.807, 2.05) is 28.8 Å². The van der Waals surface area contributed by atoms with E-state index >= 15 is 0 Å². The molecule has 1 fully saturated rings. The molecule has 10 heteroatoms. The van der Waals surface area contributed by atoms with Crippen LogP contribution in [0.4, 0.5) is 5.69 Å². The second kappa shape index (κ2) is 8.04. The molecule has 30 heavy (non-hydrogen) atoms. The summed E-state index contributed by atoms with van der Waals surface area (Å²) in [7, 11) is -2.23. The van der Waals surface area contributed by atoms with Gasteiger partial charge in [-0.3, -0.25) is 9.20 Å². The number of anilines is 1. The monoisotopic (exact) mass is 429 g/mol. The van der Waals surface area contributed by atoms with Gasteiger partial charge in [-0.2, -0.15) is 4.31 Å². The number of nitrogens with one attached hydrogen (secondary N) is 1. The van der Waals surface area contributed by atoms with E-state index in [1.165, 1.54) is 30.5 Å². The van der Waals surface area contributed by atoms with E-state index < -0.39 is 10.0 Å². The zero-order valence-corrected chi connectivity index (χ0v) is 17.6. The molecule has 2 aromatic heterocycles. The maximum absolute atomic E-state index is 13.2. The number of carbonyl (C=O) groups excluding carboxylic acids is 1. The molecule has 0 radical (unpaired) electrons. The molecule has 0 bridgehead atoms. The van der Waals surface area contributed by atoms with Crippen molar-refractivity contribution in [2.75, 3.05) is 25.5 Å². The summed E-state index contributed by atoms with van der Waals surface area (Å²) in [6.45, 7) is 2.13. The molecule has 0 saturated carbocycles. The summed E-state index contributed by atoms with van der Waals surface area (Å²) in [4.78, 5) is 11.6. The molecule has 1 aliphatic heterocycles. The van der Waals surface area contributed by atoms with Crippen LogP contribution >= 0.6 is 0 Å². The zero-order valence-electron chi connectivity index (χ0n) is 16.8. The van der Waals surface area contributed by atoms with Crippen molar-refractivity contribution >= 4 is 27.3 Å². The Morgan fingerprint density at radius 1 is 1.17 bits per heavy atom. The molecular weight excluding hydrogens is 406 g/mol. The highest BCUT2D eigenvalue weighted by Crippen LogP contribution is 2.33. The van der Waals surface area contributed by atoms with Gasteiger partial charge in [-0.25, -0.2) is 8.42 Å². The highest BCUT2D eigenvalue weighted by molar-refractivity contribution is 7.89. The summed E-state index contributed by atoms with van der Waals surface area (Å²) in [5.74, 6) is 1.10. The van der Waals surface area contributed by atoms with Gasteiger partial charge >= 0.3 is 0 Å². The first-order chi connectivity index (χ1) is 14.4. The molecule has 0 aliphatic carbocycles. The lowest BCUT2D eigenvalue weighted by molar-refractivity contribution is -0.114. The molecular formula is C20H23N5O4S. The molecule has 158 valence electrons. The smallest absolute Gasteiger partial charge is 0.243 e. The van der Waals surface area contributed by atoms with Crippen LogP contribution in [-0.4, -0.2) is 53.4 Å². The third kappa shape index (κ3) is 3.75. The van der Waals surface area contributed by atoms with Crippen molar-refractivity contribution in [2.45, 2.75) is 30.6 Å². The van der Waals surface area contributed by atoms with Crippen molar-refractivity contribution in [1.29, 1.82) is 0 Å². The van der Waals surface area contributed by atoms with Gasteiger partial charge in [-0.1, -0.05) is 6.07 Å². The fourth-order valence-corrected chi connectivity index (χ4v) is 5.27. The van der Waals surface area contributed by atoms with Gasteiger partial charge in [0, 0.05) is 32.1 Å². The fraction of sp³-hybridized carbons (Fsp3) is 0.350. The lowest BCUT2D eigenvalue weighted by atomic mass is 9.97. The lowest BCUT2D eigenvalue weighted by Crippen LogP contribution is -2.38. The quantitative estimate of drug-likeness (QED) is 0.667. The van der Waals surface area contributed by atoms with E-state index in [0.717, 1.165) is 11.5 Å². The zero-order chi connectivity index (χ0) is 21.3. The summed E-state index contributed by atoms with van der Waals surface area (Å²) in [5.41, 5.74) is 1.11. The van der Waals surface area contributed by atoms with Crippen LogP contribution in [0.15, 0.2) is 47.5 Å². The summed E-state index contributed by atoms with van der Waals surface area (Å²) < 4.78 is 35.0. The predicted molar refractivity (Wildman–Crippen MR) is 111 cm³/mol. The maximum atomic E-state index is 13.2. The first kappa shape index (κ1) is 20.3. The Hall–Kier alpha value is -2.98. The number of piperidine rings is 1. The van der Waals surface area contributed by atoms with Crippen molar-refractivity contribution in [3.8, 4) is 5.75 Å². The van der Waals surface area contributed by atoms with Crippen molar-refractivity contribution in [3.63, 3.8) is 0 Å². The number of aromatic nitrogens is 3. The Morgan fingerprint density at radius 2 is 1.93 bits per heavy atom. The Bertz CT molecular complexity index is 1180. The van der Waals surface area contributed by atoms with E-state index in [4.69, 9.17) is 4.74 Å². The van der Waals surface area contributed by atoms with E-state index in [2.05, 4.69) is 15.5 Å². The fourth-order valence-electron chi connectivity index (χ4n) is 3.78. The van der Waals surface area contributed by atoms with Crippen molar-refractivity contribution in [1.82, 2.24) is 18.9 Å². The normalized spacial score (nSPS) is 15.9. The number of benzene rings is 1. The van der Waals surface area contributed by atoms with Gasteiger partial charge in [-0.15, -0.1) is 10.2 Å². The van der Waals surface area contributed by atoms with Gasteiger partial charge in [0.25, 0.3) is 0 Å². The Labute approximate surface area is 174 Å². The molecule has 1 N–H and O–H groups in total. The number of nitrogens with zero attached hydrogens (tertiary/aromatic N) is 4. The number of hydrogen-bond acceptors (Lipinski definition) is 6. The van der Waals surface area contributed by atoms with Gasteiger partial charge in [-0.05, 0) is 43.2 Å². The van der Waals surface area contributed by atoms with Crippen LogP contribution in [0, 0.1) is 0 Å². The number of rotatable bonds is 5. The summed E-state index contributed by atoms with van der Waals surface area (Å²) in [5, 5.41) is 11.1. The van der Waals surface area contributed by atoms with Crippen LogP contribution < -0.4 is 10.1 Å². The van der Waals surface area contributed by atoms with Gasteiger partial charge in [0.15, 0.2) is 5.65 Å². The first-order valence-electron chi connectivity index (χ1n) is 9.65. The maximum Gasteiger partial charge on any atom is 0.243 e. The topological polar surface area (TPSA) is 106 Å². The van der Waals surface area contributed by atoms with Crippen LogP contribution in [0.5, 0.6) is 5.75 Å². The van der Waals surface area contributed by atoms with Crippen molar-refractivity contribution in [3.05, 3.63) is 48.4 Å². The van der Waals surface area contributed by atoms with Crippen LogP contribution in [-0.2, 0) is 14.8 Å². The van der Waals surface area contributed by atoms with Crippen LogP contribution in [0.2, 0.25) is 0 Å². The highest BCUT2D eigenvalue weighted by atomic mass is 32.2. The number of hydrogen-bond donors (Lipinski definition) is 1. The molecule has 3 heterocycles. The van der Waals surface area contributed by atoms with E-state index in [-0.39, 0.29) is 16.7 Å². The number of methoxy groups -OCH3 is 1. The SMILES string of the molecule is COc1ccc(S(=O)(=O)N2CCC(c3nnc4ccccn34)CC2)cc1NC(C)=O. The van der Waals surface area contributed by atoms with Gasteiger partial charge in [0.1, 0.15) is 11.6 Å². The van der Waals surface area contributed by atoms with E-state index in [1.54, 1.807) is 6.07 Å². The molecule has 9 nitrogen and oxygen atoms in total. The molecule has 1 amide bonds. The van der Waals surface area contributed by atoms with Crippen LogP contribution in [0.1, 0.15) is 31.5 Å². The number of fused-ring (bicyclic) bond motifs is 1. The molecule has 3 aromatic rings. The first-order valence-corrected chi connectivity index (χ1v) is 11.1. The Kier molecular flexibility index (Phi) is 5.44.